The van der Waals surface area contributed by atoms with Crippen molar-refractivity contribution < 1.29 is 23.9 Å². The number of rotatable bonds is 10. The number of ether oxygens (including phenoxy) is 3. The van der Waals surface area contributed by atoms with E-state index in [9.17, 15) is 9.67 Å². The van der Waals surface area contributed by atoms with Crippen LogP contribution in [0.15, 0.2) is 91.0 Å². The lowest BCUT2D eigenvalue weighted by atomic mass is 9.99. The van der Waals surface area contributed by atoms with Crippen LogP contribution in [0.3, 0.4) is 0 Å². The van der Waals surface area contributed by atoms with Crippen molar-refractivity contribution in [3.63, 3.8) is 0 Å². The Hall–Kier alpha value is -2.40. The molecule has 4 rings (SSSR count). The number of aliphatic hydroxyl groups excluding tert-OH is 1. The van der Waals surface area contributed by atoms with E-state index in [-0.39, 0.29) is 5.92 Å². The van der Waals surface area contributed by atoms with Crippen LogP contribution in [0.4, 0.5) is 0 Å². The highest BCUT2D eigenvalue weighted by molar-refractivity contribution is 7.45. The summed E-state index contributed by atoms with van der Waals surface area (Å²) >= 11 is 0. The summed E-state index contributed by atoms with van der Waals surface area (Å²) in [5.41, 5.74) is 3.10. The Balaban J connectivity index is 1.46. The summed E-state index contributed by atoms with van der Waals surface area (Å²) in [6, 6.07) is 29.6. The highest BCUT2D eigenvalue weighted by Crippen LogP contribution is 2.42. The summed E-state index contributed by atoms with van der Waals surface area (Å²) < 4.78 is 31.2. The Morgan fingerprint density at radius 1 is 0.697 bits per heavy atom. The van der Waals surface area contributed by atoms with E-state index in [2.05, 4.69) is 0 Å². The smallest absolute Gasteiger partial charge is 0.373 e. The summed E-state index contributed by atoms with van der Waals surface area (Å²) in [6.07, 6.45) is -0.792. The van der Waals surface area contributed by atoms with Crippen LogP contribution in [-0.4, -0.2) is 35.9 Å². The van der Waals surface area contributed by atoms with E-state index in [1.165, 1.54) is 0 Å². The second kappa shape index (κ2) is 12.2. The first-order valence-corrected chi connectivity index (χ1v) is 12.8. The predicted octanol–water partition coefficient (Wildman–Crippen LogP) is 5.15. The Morgan fingerprint density at radius 2 is 1.15 bits per heavy atom. The quantitative estimate of drug-likeness (QED) is 0.420. The van der Waals surface area contributed by atoms with Gasteiger partial charge in [0.25, 0.3) is 5.85 Å². The van der Waals surface area contributed by atoms with E-state index in [0.717, 1.165) is 16.7 Å². The van der Waals surface area contributed by atoms with Crippen LogP contribution in [0, 0.1) is 5.92 Å². The molecule has 5 unspecified atom stereocenters. The monoisotopic (exact) mass is 465 g/mol. The predicted molar refractivity (Wildman–Crippen MR) is 128 cm³/mol. The molecule has 1 aliphatic heterocycles. The molecule has 0 bridgehead atoms. The minimum Gasteiger partial charge on any atom is -0.376 e. The molecule has 0 saturated carbocycles. The summed E-state index contributed by atoms with van der Waals surface area (Å²) in [6.45, 7) is 1.55. The van der Waals surface area contributed by atoms with E-state index >= 15 is 0 Å². The second-order valence-electron chi connectivity index (χ2n) is 8.30. The van der Waals surface area contributed by atoms with Crippen LogP contribution in [0.1, 0.15) is 16.7 Å². The molecule has 1 aliphatic rings. The zero-order chi connectivity index (χ0) is 22.9. The van der Waals surface area contributed by atoms with Gasteiger partial charge in [-0.1, -0.05) is 95.6 Å². The van der Waals surface area contributed by atoms with Crippen molar-refractivity contribution in [1.29, 1.82) is 0 Å². The molecular formula is C27H30O5P+. The fraction of sp³-hybridized carbons (Fsp3) is 0.333. The largest absolute Gasteiger partial charge is 0.376 e. The number of hydrogen-bond donors (Lipinski definition) is 1. The maximum Gasteiger partial charge on any atom is 0.373 e. The standard InChI is InChI=1S/C27H30O5P/c28-27-26(32-18-23-14-8-3-9-15-23)25(31-17-22-12-6-2-7-13-22)24(20-33(27)29)19-30-16-21-10-4-1-5-11-21/h1-15,24-28H,16-20H2/q+1. The summed E-state index contributed by atoms with van der Waals surface area (Å²) in [5, 5.41) is 10.8. The molecule has 172 valence electrons. The molecule has 1 fully saturated rings. The maximum atomic E-state index is 12.8. The van der Waals surface area contributed by atoms with Gasteiger partial charge in [-0.15, -0.1) is 0 Å². The van der Waals surface area contributed by atoms with E-state index in [1.54, 1.807) is 0 Å². The SMILES string of the molecule is O=[P+]1CC(COCc2ccccc2)C(OCc2ccccc2)C(OCc2ccccc2)C1O. The van der Waals surface area contributed by atoms with Crippen molar-refractivity contribution in [3.05, 3.63) is 108 Å². The molecule has 5 atom stereocenters. The van der Waals surface area contributed by atoms with E-state index in [4.69, 9.17) is 14.2 Å². The van der Waals surface area contributed by atoms with Gasteiger partial charge >= 0.3 is 7.80 Å². The van der Waals surface area contributed by atoms with Crippen LogP contribution in [0.2, 0.25) is 0 Å². The van der Waals surface area contributed by atoms with Gasteiger partial charge in [0.15, 0.2) is 12.3 Å². The minimum atomic E-state index is -1.85. The molecule has 3 aromatic carbocycles. The summed E-state index contributed by atoms with van der Waals surface area (Å²) in [4.78, 5) is 0. The molecule has 1 saturated heterocycles. The van der Waals surface area contributed by atoms with Crippen molar-refractivity contribution in [2.75, 3.05) is 12.8 Å². The highest BCUT2D eigenvalue weighted by Gasteiger charge is 2.52. The maximum absolute atomic E-state index is 12.8. The molecule has 1 N–H and O–H groups in total. The van der Waals surface area contributed by atoms with Gasteiger partial charge in [0.05, 0.1) is 32.3 Å². The van der Waals surface area contributed by atoms with Crippen molar-refractivity contribution in [3.8, 4) is 0 Å². The Kier molecular flexibility index (Phi) is 8.76. The molecule has 0 spiro atoms. The van der Waals surface area contributed by atoms with Gasteiger partial charge < -0.3 is 19.3 Å². The van der Waals surface area contributed by atoms with Crippen LogP contribution in [-0.2, 0) is 38.6 Å². The fourth-order valence-electron chi connectivity index (χ4n) is 4.04. The summed E-state index contributed by atoms with van der Waals surface area (Å²) in [5.74, 6) is -1.22. The molecule has 0 aliphatic carbocycles. The average Bonchev–Trinajstić information content (AvgIpc) is 2.86. The molecule has 33 heavy (non-hydrogen) atoms. The molecule has 3 aromatic rings. The van der Waals surface area contributed by atoms with Gasteiger partial charge in [0.2, 0.25) is 0 Å². The molecule has 6 heteroatoms. The van der Waals surface area contributed by atoms with E-state index in [0.29, 0.717) is 32.6 Å². The van der Waals surface area contributed by atoms with Gasteiger partial charge in [-0.3, -0.25) is 0 Å². The third-order valence-electron chi connectivity index (χ3n) is 5.81. The Morgan fingerprint density at radius 3 is 1.67 bits per heavy atom. The lowest BCUT2D eigenvalue weighted by Crippen LogP contribution is -2.50. The van der Waals surface area contributed by atoms with Crippen molar-refractivity contribution >= 4 is 7.80 Å². The van der Waals surface area contributed by atoms with E-state index < -0.39 is 25.9 Å². The lowest BCUT2D eigenvalue weighted by Gasteiger charge is -2.35. The molecule has 0 aromatic heterocycles. The van der Waals surface area contributed by atoms with Gasteiger partial charge in [0.1, 0.15) is 6.10 Å². The molecule has 1 heterocycles. The van der Waals surface area contributed by atoms with Crippen molar-refractivity contribution in [1.82, 2.24) is 0 Å². The minimum absolute atomic E-state index is 0.148. The third-order valence-corrected chi connectivity index (χ3v) is 7.52. The molecular weight excluding hydrogens is 435 g/mol. The number of aliphatic hydroxyl groups is 1. The third kappa shape index (κ3) is 6.80. The normalized spacial score (nSPS) is 24.0. The average molecular weight is 466 g/mol. The Labute approximate surface area is 196 Å². The first kappa shape index (κ1) is 23.7. The lowest BCUT2D eigenvalue weighted by molar-refractivity contribution is -0.145. The first-order chi connectivity index (χ1) is 16.2. The zero-order valence-corrected chi connectivity index (χ0v) is 19.4. The van der Waals surface area contributed by atoms with Gasteiger partial charge in [-0.25, -0.2) is 0 Å². The molecule has 0 amide bonds. The van der Waals surface area contributed by atoms with E-state index in [1.807, 2.05) is 91.0 Å². The molecule has 5 nitrogen and oxygen atoms in total. The van der Waals surface area contributed by atoms with Crippen LogP contribution < -0.4 is 0 Å². The molecule has 0 radical (unpaired) electrons. The van der Waals surface area contributed by atoms with Crippen molar-refractivity contribution in [2.24, 2.45) is 5.92 Å². The Bertz CT molecular complexity index is 983. The van der Waals surface area contributed by atoms with Gasteiger partial charge in [-0.2, -0.15) is 0 Å². The highest BCUT2D eigenvalue weighted by atomic mass is 31.1. The van der Waals surface area contributed by atoms with Gasteiger partial charge in [-0.05, 0) is 16.7 Å². The van der Waals surface area contributed by atoms with Gasteiger partial charge in [0, 0.05) is 0 Å². The number of benzene rings is 3. The number of hydrogen-bond acceptors (Lipinski definition) is 5. The first-order valence-electron chi connectivity index (χ1n) is 11.3. The van der Waals surface area contributed by atoms with Crippen LogP contribution in [0.25, 0.3) is 0 Å². The van der Waals surface area contributed by atoms with Crippen LogP contribution in [0.5, 0.6) is 0 Å². The topological polar surface area (TPSA) is 65.0 Å². The zero-order valence-electron chi connectivity index (χ0n) is 18.5. The van der Waals surface area contributed by atoms with Crippen molar-refractivity contribution in [2.45, 2.75) is 37.9 Å². The summed E-state index contributed by atoms with van der Waals surface area (Å²) in [7, 11) is -1.85. The fourth-order valence-corrected chi connectivity index (χ4v) is 5.61. The van der Waals surface area contributed by atoms with Crippen LogP contribution >= 0.6 is 7.80 Å². The second-order valence-corrected chi connectivity index (χ2v) is 10.0.